The van der Waals surface area contributed by atoms with Gasteiger partial charge in [-0.25, -0.2) is 15.0 Å². The summed E-state index contributed by atoms with van der Waals surface area (Å²) in [6.07, 6.45) is -20.4. The van der Waals surface area contributed by atoms with Crippen LogP contribution in [0.3, 0.4) is 0 Å². The summed E-state index contributed by atoms with van der Waals surface area (Å²) in [5.74, 6) is 0.955. The number of para-hydroxylation sites is 2. The molecule has 0 radical (unpaired) electrons. The molecule has 0 saturated carbocycles. The SMILES string of the molecule is N#Cc1ccc(-c2ccc(-c3nc(-c4ccccc4)nc(-c4ccccc4)n3)cc2-n2c3ccccc3c3cc(-c4cc(C(F)(F)F)cc(C(F)(F)F)c4)ccc32)c(-n2c3ccccc3c3cc(-c4cc(C(F)(F)F)cc(C(F)(F)F)c4)ccc32)c1. The number of halogens is 12. The summed E-state index contributed by atoms with van der Waals surface area (Å²) < 4.78 is 175. The second kappa shape index (κ2) is 20.4. The smallest absolute Gasteiger partial charge is 0.309 e. The first kappa shape index (κ1) is 54.7. The molecular formula is C68H36F12N6. The fourth-order valence-corrected chi connectivity index (χ4v) is 11.1. The zero-order valence-corrected chi connectivity index (χ0v) is 44.0. The van der Waals surface area contributed by atoms with Crippen molar-refractivity contribution in [3.05, 3.63) is 246 Å². The summed E-state index contributed by atoms with van der Waals surface area (Å²) in [5, 5.41) is 12.6. The third kappa shape index (κ3) is 9.89. The highest BCUT2D eigenvalue weighted by molar-refractivity contribution is 6.13. The normalized spacial score (nSPS) is 12.4. The third-order valence-electron chi connectivity index (χ3n) is 15.0. The third-order valence-corrected chi connectivity index (χ3v) is 15.0. The number of hydrogen-bond acceptors (Lipinski definition) is 4. The van der Waals surface area contributed by atoms with Gasteiger partial charge in [-0.1, -0.05) is 127 Å². The minimum Gasteiger partial charge on any atom is -0.309 e. The Bertz CT molecular complexity index is 4770. The molecule has 0 aliphatic rings. The van der Waals surface area contributed by atoms with E-state index in [0.29, 0.717) is 119 Å². The van der Waals surface area contributed by atoms with Gasteiger partial charge in [0.1, 0.15) is 0 Å². The molecule has 422 valence electrons. The van der Waals surface area contributed by atoms with Crippen LogP contribution in [0.1, 0.15) is 27.8 Å². The Morgan fingerprint density at radius 1 is 0.291 bits per heavy atom. The first-order valence-electron chi connectivity index (χ1n) is 26.3. The van der Waals surface area contributed by atoms with Gasteiger partial charge >= 0.3 is 24.7 Å². The Labute approximate surface area is 479 Å². The predicted octanol–water partition coefficient (Wildman–Crippen LogP) is 20.0. The molecule has 13 rings (SSSR count). The van der Waals surface area contributed by atoms with Crippen LogP contribution < -0.4 is 0 Å². The van der Waals surface area contributed by atoms with Gasteiger partial charge in [-0.2, -0.15) is 57.9 Å². The highest BCUT2D eigenvalue weighted by atomic mass is 19.4. The Kier molecular flexibility index (Phi) is 13.0. The fourth-order valence-electron chi connectivity index (χ4n) is 11.1. The number of aromatic nitrogens is 5. The van der Waals surface area contributed by atoms with E-state index in [1.807, 2.05) is 88.0 Å². The summed E-state index contributed by atoms with van der Waals surface area (Å²) in [5.41, 5.74) is -0.422. The van der Waals surface area contributed by atoms with E-state index in [-0.39, 0.29) is 45.8 Å². The number of rotatable bonds is 8. The second-order valence-electron chi connectivity index (χ2n) is 20.4. The van der Waals surface area contributed by atoms with Crippen LogP contribution >= 0.6 is 0 Å². The van der Waals surface area contributed by atoms with Crippen molar-refractivity contribution >= 4 is 43.6 Å². The molecule has 0 amide bonds. The lowest BCUT2D eigenvalue weighted by molar-refractivity contribution is -0.144. The van der Waals surface area contributed by atoms with Crippen LogP contribution in [0.15, 0.2) is 218 Å². The molecule has 0 aliphatic heterocycles. The summed E-state index contributed by atoms with van der Waals surface area (Å²) in [7, 11) is 0. The van der Waals surface area contributed by atoms with E-state index in [1.165, 1.54) is 18.2 Å². The molecular weight excluding hydrogens is 1130 g/mol. The van der Waals surface area contributed by atoms with Crippen molar-refractivity contribution in [3.8, 4) is 85.0 Å². The number of nitrogens with zero attached hydrogens (tertiary/aromatic N) is 6. The van der Waals surface area contributed by atoms with Crippen LogP contribution in [0.2, 0.25) is 0 Å². The average molecular weight is 1170 g/mol. The van der Waals surface area contributed by atoms with Crippen LogP contribution in [0, 0.1) is 11.3 Å². The summed E-state index contributed by atoms with van der Waals surface area (Å²) in [6, 6.07) is 57.4. The van der Waals surface area contributed by atoms with Crippen molar-refractivity contribution in [2.75, 3.05) is 0 Å². The van der Waals surface area contributed by atoms with Crippen LogP contribution in [-0.2, 0) is 24.7 Å². The molecule has 0 saturated heterocycles. The van der Waals surface area contributed by atoms with E-state index < -0.39 is 47.0 Å². The fraction of sp³-hybridized carbons (Fsp3) is 0.0588. The van der Waals surface area contributed by atoms with Gasteiger partial charge in [-0.15, -0.1) is 0 Å². The van der Waals surface area contributed by atoms with Crippen molar-refractivity contribution in [2.24, 2.45) is 0 Å². The van der Waals surface area contributed by atoms with Gasteiger partial charge in [-0.3, -0.25) is 0 Å². The molecule has 0 spiro atoms. The maximum Gasteiger partial charge on any atom is 0.416 e. The van der Waals surface area contributed by atoms with Crippen molar-refractivity contribution in [1.82, 2.24) is 24.1 Å². The largest absolute Gasteiger partial charge is 0.416 e. The van der Waals surface area contributed by atoms with Gasteiger partial charge < -0.3 is 9.13 Å². The van der Waals surface area contributed by atoms with Gasteiger partial charge in [0.15, 0.2) is 17.5 Å². The van der Waals surface area contributed by atoms with E-state index in [9.17, 15) is 57.9 Å². The molecule has 0 N–H and O–H groups in total. The number of fused-ring (bicyclic) bond motifs is 6. The Hall–Kier alpha value is -10.5. The predicted molar refractivity (Wildman–Crippen MR) is 306 cm³/mol. The Morgan fingerprint density at radius 3 is 1.05 bits per heavy atom. The first-order valence-corrected chi connectivity index (χ1v) is 26.3. The minimum atomic E-state index is -5.11. The van der Waals surface area contributed by atoms with Crippen LogP contribution in [0.4, 0.5) is 52.7 Å². The Balaban J connectivity index is 1.08. The molecule has 86 heavy (non-hydrogen) atoms. The summed E-state index contributed by atoms with van der Waals surface area (Å²) >= 11 is 0. The van der Waals surface area contributed by atoms with Gasteiger partial charge in [0, 0.05) is 49.4 Å². The lowest BCUT2D eigenvalue weighted by Gasteiger charge is -2.20. The molecule has 10 aromatic carbocycles. The molecule has 0 unspecified atom stereocenters. The molecule has 0 fully saturated rings. The topological polar surface area (TPSA) is 72.3 Å². The molecule has 6 nitrogen and oxygen atoms in total. The number of nitriles is 1. The molecule has 3 heterocycles. The summed E-state index contributed by atoms with van der Waals surface area (Å²) in [6.45, 7) is 0. The zero-order chi connectivity index (χ0) is 60.0. The maximum absolute atomic E-state index is 14.3. The number of benzene rings is 10. The van der Waals surface area contributed by atoms with Crippen LogP contribution in [0.25, 0.3) is 123 Å². The molecule has 0 aliphatic carbocycles. The van der Waals surface area contributed by atoms with Gasteiger partial charge in [0.25, 0.3) is 0 Å². The van der Waals surface area contributed by atoms with Gasteiger partial charge in [0.2, 0.25) is 0 Å². The monoisotopic (exact) mass is 1160 g/mol. The minimum absolute atomic E-state index is 0.0634. The summed E-state index contributed by atoms with van der Waals surface area (Å²) in [4.78, 5) is 14.9. The Morgan fingerprint density at radius 2 is 0.640 bits per heavy atom. The van der Waals surface area contributed by atoms with Crippen molar-refractivity contribution in [2.45, 2.75) is 24.7 Å². The lowest BCUT2D eigenvalue weighted by atomic mass is 9.96. The zero-order valence-electron chi connectivity index (χ0n) is 44.0. The standard InChI is InChI=1S/C68H36F12N6/c69-65(70,71)46-28-44(29-47(35-46)66(72,73)74)41-21-25-58-54(32-41)50-15-7-9-17-56(50)85(58)60-27-38(37-81)19-23-52(60)53-24-20-43(64-83-62(39-11-3-1-4-12-39)82-63(84-64)40-13-5-2-6-14-40)34-61(53)86-57-18-10-8-16-51(57)55-33-42(22-26-59(55)86)45-30-48(67(75,76)77)36-49(31-45)68(78,79)80/h1-36H. The molecule has 0 bridgehead atoms. The van der Waals surface area contributed by atoms with E-state index in [0.717, 1.165) is 0 Å². The second-order valence-corrected chi connectivity index (χ2v) is 20.4. The average Bonchev–Trinajstić information content (AvgIpc) is 2.86. The van der Waals surface area contributed by atoms with E-state index in [4.69, 9.17) is 15.0 Å². The van der Waals surface area contributed by atoms with Crippen molar-refractivity contribution in [1.29, 1.82) is 5.26 Å². The maximum atomic E-state index is 14.3. The number of alkyl halides is 12. The van der Waals surface area contributed by atoms with Crippen molar-refractivity contribution < 1.29 is 52.7 Å². The van der Waals surface area contributed by atoms with E-state index in [2.05, 4.69) is 6.07 Å². The van der Waals surface area contributed by atoms with Crippen LogP contribution in [0.5, 0.6) is 0 Å². The molecule has 13 aromatic rings. The quantitative estimate of drug-likeness (QED) is 0.142. The van der Waals surface area contributed by atoms with Crippen LogP contribution in [-0.4, -0.2) is 24.1 Å². The molecule has 18 heteroatoms. The highest BCUT2D eigenvalue weighted by Crippen LogP contribution is 2.46. The first-order chi connectivity index (χ1) is 41.1. The molecule has 0 atom stereocenters. The number of hydrogen-bond donors (Lipinski definition) is 0. The van der Waals surface area contributed by atoms with Gasteiger partial charge in [0.05, 0.1) is 67.3 Å². The van der Waals surface area contributed by atoms with E-state index >= 15 is 0 Å². The molecule has 3 aromatic heterocycles. The highest BCUT2D eigenvalue weighted by Gasteiger charge is 2.39. The van der Waals surface area contributed by atoms with E-state index in [1.54, 1.807) is 84.9 Å². The van der Waals surface area contributed by atoms with Gasteiger partial charge in [-0.05, 0) is 113 Å². The lowest BCUT2D eigenvalue weighted by Crippen LogP contribution is -2.11. The van der Waals surface area contributed by atoms with Crippen molar-refractivity contribution in [3.63, 3.8) is 0 Å².